The topological polar surface area (TPSA) is 53.9 Å². The number of carbonyl (C=O) groups is 1. The minimum absolute atomic E-state index is 0.298. The van der Waals surface area contributed by atoms with E-state index in [1.807, 2.05) is 17.2 Å². The van der Waals surface area contributed by atoms with Gasteiger partial charge in [0, 0.05) is 61.5 Å². The Balaban J connectivity index is 1.26. The highest BCUT2D eigenvalue weighted by molar-refractivity contribution is 5.83. The Kier molecular flexibility index (Phi) is 5.28. The number of likely N-dealkylation sites (tertiary alicyclic amines) is 1. The second-order valence-electron chi connectivity index (χ2n) is 7.44. The van der Waals surface area contributed by atoms with Gasteiger partial charge in [-0.2, -0.15) is 0 Å². The maximum absolute atomic E-state index is 12.6. The number of hydrogen-bond acceptors (Lipinski definition) is 2. The molecule has 3 heterocycles. The van der Waals surface area contributed by atoms with Crippen LogP contribution in [0.25, 0.3) is 10.9 Å². The first-order chi connectivity index (χ1) is 13.3. The second kappa shape index (κ2) is 7.99. The first kappa shape index (κ1) is 17.8. The van der Waals surface area contributed by atoms with Gasteiger partial charge in [-0.15, -0.1) is 0 Å². The fraction of sp³-hybridized carbons (Fsp3) is 0.455. The lowest BCUT2D eigenvalue weighted by Gasteiger charge is -2.32. The number of nitrogens with one attached hydrogen (secondary N) is 1. The fourth-order valence-corrected chi connectivity index (χ4v) is 4.26. The van der Waals surface area contributed by atoms with Crippen LogP contribution in [0, 0.1) is 0 Å². The molecule has 27 heavy (non-hydrogen) atoms. The van der Waals surface area contributed by atoms with Crippen LogP contribution in [0.5, 0.6) is 0 Å². The monoisotopic (exact) mass is 364 g/mol. The first-order valence-corrected chi connectivity index (χ1v) is 10.1. The summed E-state index contributed by atoms with van der Waals surface area (Å²) in [4.78, 5) is 22.5. The van der Waals surface area contributed by atoms with Gasteiger partial charge in [0.15, 0.2) is 0 Å². The van der Waals surface area contributed by atoms with Gasteiger partial charge in [0.05, 0.1) is 0 Å². The molecule has 0 atom stereocenters. The van der Waals surface area contributed by atoms with Gasteiger partial charge in [0.2, 0.25) is 5.91 Å². The molecule has 142 valence electrons. The smallest absolute Gasteiger partial charge is 0.222 e. The van der Waals surface area contributed by atoms with Crippen molar-refractivity contribution in [3.63, 3.8) is 0 Å². The van der Waals surface area contributed by atoms with Crippen LogP contribution in [0.15, 0.2) is 42.9 Å². The number of nitrogens with zero attached hydrogens (tertiary/aromatic N) is 3. The number of benzene rings is 1. The number of carbonyl (C=O) groups excluding carboxylic acids is 1. The van der Waals surface area contributed by atoms with E-state index < -0.39 is 0 Å². The highest BCUT2D eigenvalue weighted by Crippen LogP contribution is 2.27. The number of aromatic amines is 1. The largest absolute Gasteiger partial charge is 0.361 e. The third-order valence-corrected chi connectivity index (χ3v) is 5.81. The molecule has 0 unspecified atom stereocenters. The predicted molar refractivity (Wildman–Crippen MR) is 108 cm³/mol. The first-order valence-electron chi connectivity index (χ1n) is 10.1. The Morgan fingerprint density at radius 3 is 2.89 bits per heavy atom. The zero-order valence-electron chi connectivity index (χ0n) is 16.0. The lowest BCUT2D eigenvalue weighted by Crippen LogP contribution is -2.38. The number of para-hydroxylation sites is 1. The summed E-state index contributed by atoms with van der Waals surface area (Å²) in [6.07, 6.45) is 10.5. The zero-order valence-corrected chi connectivity index (χ0v) is 16.0. The number of H-pyrrole nitrogens is 1. The van der Waals surface area contributed by atoms with Crippen molar-refractivity contribution in [3.8, 4) is 0 Å². The van der Waals surface area contributed by atoms with Crippen LogP contribution in [-0.4, -0.2) is 38.4 Å². The molecule has 1 aromatic carbocycles. The third kappa shape index (κ3) is 3.77. The number of fused-ring (bicyclic) bond motifs is 1. The maximum atomic E-state index is 12.6. The molecule has 1 saturated heterocycles. The average Bonchev–Trinajstić information content (AvgIpc) is 3.35. The van der Waals surface area contributed by atoms with Crippen molar-refractivity contribution in [1.29, 1.82) is 0 Å². The summed E-state index contributed by atoms with van der Waals surface area (Å²) in [6.45, 7) is 4.82. The molecule has 0 bridgehead atoms. The molecule has 0 radical (unpaired) electrons. The minimum Gasteiger partial charge on any atom is -0.361 e. The summed E-state index contributed by atoms with van der Waals surface area (Å²) >= 11 is 0. The van der Waals surface area contributed by atoms with Crippen molar-refractivity contribution in [2.24, 2.45) is 0 Å². The Morgan fingerprint density at radius 2 is 2.07 bits per heavy atom. The van der Waals surface area contributed by atoms with E-state index in [1.165, 1.54) is 22.3 Å². The summed E-state index contributed by atoms with van der Waals surface area (Å²) in [5.74, 6) is 1.96. The van der Waals surface area contributed by atoms with Crippen molar-refractivity contribution in [2.45, 2.75) is 51.5 Å². The van der Waals surface area contributed by atoms with E-state index in [1.54, 1.807) is 0 Å². The van der Waals surface area contributed by atoms with Gasteiger partial charge in [-0.05, 0) is 44.2 Å². The van der Waals surface area contributed by atoms with Crippen LogP contribution in [0.1, 0.15) is 49.9 Å². The lowest BCUT2D eigenvalue weighted by atomic mass is 9.95. The number of imidazole rings is 1. The molecular formula is C22H28N4O. The number of aromatic nitrogens is 3. The van der Waals surface area contributed by atoms with Gasteiger partial charge in [0.25, 0.3) is 0 Å². The molecule has 1 fully saturated rings. The van der Waals surface area contributed by atoms with Gasteiger partial charge in [-0.1, -0.05) is 18.2 Å². The van der Waals surface area contributed by atoms with Gasteiger partial charge in [-0.3, -0.25) is 4.79 Å². The van der Waals surface area contributed by atoms with Crippen LogP contribution in [0.3, 0.4) is 0 Å². The lowest BCUT2D eigenvalue weighted by molar-refractivity contribution is -0.132. The standard InChI is InChI=1S/C22H28N4O/c1-2-25-15-12-23-22(25)17-10-13-26(14-11-17)21(27)9-5-6-18-16-24-20-8-4-3-7-19(18)20/h3-4,7-8,12,15-17,24H,2,5-6,9-11,13-14H2,1H3. The van der Waals surface area contributed by atoms with E-state index in [4.69, 9.17) is 0 Å². The van der Waals surface area contributed by atoms with Crippen molar-refractivity contribution in [1.82, 2.24) is 19.4 Å². The minimum atomic E-state index is 0.298. The molecule has 0 saturated carbocycles. The highest BCUT2D eigenvalue weighted by atomic mass is 16.2. The van der Waals surface area contributed by atoms with E-state index in [0.717, 1.165) is 45.3 Å². The predicted octanol–water partition coefficient (Wildman–Crippen LogP) is 4.11. The van der Waals surface area contributed by atoms with E-state index >= 15 is 0 Å². The number of aryl methyl sites for hydroxylation is 2. The second-order valence-corrected chi connectivity index (χ2v) is 7.44. The zero-order chi connectivity index (χ0) is 18.6. The molecule has 0 spiro atoms. The molecule has 5 nitrogen and oxygen atoms in total. The molecule has 2 aromatic heterocycles. The van der Waals surface area contributed by atoms with Crippen LogP contribution < -0.4 is 0 Å². The average molecular weight is 364 g/mol. The van der Waals surface area contributed by atoms with Crippen molar-refractivity contribution in [2.75, 3.05) is 13.1 Å². The van der Waals surface area contributed by atoms with Gasteiger partial charge in [-0.25, -0.2) is 4.98 Å². The van der Waals surface area contributed by atoms with Gasteiger partial charge < -0.3 is 14.5 Å². The Bertz CT molecular complexity index is 902. The number of hydrogen-bond donors (Lipinski definition) is 1. The van der Waals surface area contributed by atoms with E-state index in [0.29, 0.717) is 18.2 Å². The van der Waals surface area contributed by atoms with E-state index in [-0.39, 0.29) is 0 Å². The number of amides is 1. The molecule has 0 aliphatic carbocycles. The Labute approximate surface area is 160 Å². The molecule has 1 aliphatic heterocycles. The summed E-state index contributed by atoms with van der Waals surface area (Å²) in [5.41, 5.74) is 2.48. The fourth-order valence-electron chi connectivity index (χ4n) is 4.26. The summed E-state index contributed by atoms with van der Waals surface area (Å²) in [6, 6.07) is 8.35. The molecule has 3 aromatic rings. The maximum Gasteiger partial charge on any atom is 0.222 e. The molecule has 1 aliphatic rings. The third-order valence-electron chi connectivity index (χ3n) is 5.81. The number of piperidine rings is 1. The highest BCUT2D eigenvalue weighted by Gasteiger charge is 2.25. The number of rotatable bonds is 6. The SMILES string of the molecule is CCn1ccnc1C1CCN(C(=O)CCCc2c[nH]c3ccccc23)CC1. The Hall–Kier alpha value is -2.56. The quantitative estimate of drug-likeness (QED) is 0.715. The van der Waals surface area contributed by atoms with Crippen LogP contribution in [0.2, 0.25) is 0 Å². The van der Waals surface area contributed by atoms with Crippen LogP contribution in [-0.2, 0) is 17.8 Å². The molecular weight excluding hydrogens is 336 g/mol. The normalized spacial score (nSPS) is 15.5. The van der Waals surface area contributed by atoms with E-state index in [9.17, 15) is 4.79 Å². The van der Waals surface area contributed by atoms with Gasteiger partial charge in [0.1, 0.15) is 5.82 Å². The van der Waals surface area contributed by atoms with Crippen molar-refractivity contribution < 1.29 is 4.79 Å². The van der Waals surface area contributed by atoms with Crippen molar-refractivity contribution >= 4 is 16.8 Å². The summed E-state index contributed by atoms with van der Waals surface area (Å²) in [7, 11) is 0. The molecule has 5 heteroatoms. The van der Waals surface area contributed by atoms with Crippen molar-refractivity contribution in [3.05, 3.63) is 54.2 Å². The Morgan fingerprint density at radius 1 is 1.26 bits per heavy atom. The van der Waals surface area contributed by atoms with Crippen LogP contribution in [0.4, 0.5) is 0 Å². The van der Waals surface area contributed by atoms with Gasteiger partial charge >= 0.3 is 0 Å². The summed E-state index contributed by atoms with van der Waals surface area (Å²) < 4.78 is 2.23. The van der Waals surface area contributed by atoms with Crippen LogP contribution >= 0.6 is 0 Å². The molecule has 4 rings (SSSR count). The summed E-state index contributed by atoms with van der Waals surface area (Å²) in [5, 5.41) is 1.28. The van der Waals surface area contributed by atoms with E-state index in [2.05, 4.69) is 52.1 Å². The molecule has 1 amide bonds. The molecule has 1 N–H and O–H groups in total.